The van der Waals surface area contributed by atoms with E-state index in [1.54, 1.807) is 0 Å². The van der Waals surface area contributed by atoms with E-state index in [1.807, 2.05) is 47.4 Å². The van der Waals surface area contributed by atoms with Crippen LogP contribution in [-0.4, -0.2) is 60.6 Å². The minimum absolute atomic E-state index is 0.253. The van der Waals surface area contributed by atoms with Gasteiger partial charge in [0.25, 0.3) is 5.91 Å². The molecule has 2 aliphatic heterocycles. The second-order valence-electron chi connectivity index (χ2n) is 8.07. The van der Waals surface area contributed by atoms with E-state index in [4.69, 9.17) is 14.6 Å². The van der Waals surface area contributed by atoms with Crippen LogP contribution in [0.4, 0.5) is 16.6 Å². The third-order valence-electron chi connectivity index (χ3n) is 5.74. The molecule has 1 amide bonds. The van der Waals surface area contributed by atoms with Gasteiger partial charge in [0.1, 0.15) is 11.4 Å². The zero-order valence-corrected chi connectivity index (χ0v) is 18.7. The first kappa shape index (κ1) is 21.6. The van der Waals surface area contributed by atoms with Crippen molar-refractivity contribution in [3.05, 3.63) is 47.3 Å². The molecule has 3 N–H and O–H groups in total. The molecule has 33 heavy (non-hydrogen) atoms. The van der Waals surface area contributed by atoms with Crippen LogP contribution in [0.25, 0.3) is 10.8 Å². The predicted octanol–water partition coefficient (Wildman–Crippen LogP) is 3.39. The molecule has 0 aliphatic carbocycles. The van der Waals surface area contributed by atoms with Gasteiger partial charge in [0.05, 0.1) is 19.8 Å². The summed E-state index contributed by atoms with van der Waals surface area (Å²) in [5.41, 5.74) is 0.655. The van der Waals surface area contributed by atoms with Crippen LogP contribution in [0.1, 0.15) is 22.5 Å². The number of carboxylic acid groups (broad SMARTS) is 1. The lowest BCUT2D eigenvalue weighted by Crippen LogP contribution is -2.49. The summed E-state index contributed by atoms with van der Waals surface area (Å²) in [6.45, 7) is 2.07. The number of ether oxygens (including phenoxy) is 2. The maximum Gasteiger partial charge on any atom is 0.322 e. The number of anilines is 3. The van der Waals surface area contributed by atoms with E-state index in [0.717, 1.165) is 30.2 Å². The van der Waals surface area contributed by atoms with Gasteiger partial charge in [-0.15, -0.1) is 0 Å². The van der Waals surface area contributed by atoms with E-state index in [-0.39, 0.29) is 18.3 Å². The minimum atomic E-state index is -1.03. The molecule has 2 aromatic carbocycles. The van der Waals surface area contributed by atoms with E-state index < -0.39 is 11.8 Å². The molecule has 3 heterocycles. The molecule has 0 unspecified atom stereocenters. The lowest BCUT2D eigenvalue weighted by Gasteiger charge is -2.38. The fourth-order valence-corrected chi connectivity index (χ4v) is 5.18. The molecule has 0 radical (unpaired) electrons. The summed E-state index contributed by atoms with van der Waals surface area (Å²) in [5.74, 6) is -1.76. The summed E-state index contributed by atoms with van der Waals surface area (Å²) in [6.07, 6.45) is 1.68. The molecule has 0 atom stereocenters. The number of rotatable bonds is 6. The number of carboxylic acids is 1. The van der Waals surface area contributed by atoms with Crippen molar-refractivity contribution in [1.29, 1.82) is 0 Å². The Bertz CT molecular complexity index is 1190. The average Bonchev–Trinajstić information content (AvgIpc) is 3.45. The van der Waals surface area contributed by atoms with Crippen molar-refractivity contribution in [3.8, 4) is 0 Å². The van der Waals surface area contributed by atoms with E-state index in [9.17, 15) is 9.59 Å². The SMILES string of the molecule is O=C(O)CNc1nc(N2CCCC3(C2)OCCO3)sc1C(=O)Nc1ccc2ccccc2c1. The molecule has 9 nitrogen and oxygen atoms in total. The number of piperidine rings is 1. The van der Waals surface area contributed by atoms with Crippen LogP contribution >= 0.6 is 11.3 Å². The van der Waals surface area contributed by atoms with E-state index in [0.29, 0.717) is 35.5 Å². The Morgan fingerprint density at radius 1 is 1.15 bits per heavy atom. The third kappa shape index (κ3) is 4.63. The van der Waals surface area contributed by atoms with Crippen molar-refractivity contribution < 1.29 is 24.2 Å². The number of hydrogen-bond acceptors (Lipinski definition) is 8. The van der Waals surface area contributed by atoms with Crippen molar-refractivity contribution in [1.82, 2.24) is 4.98 Å². The molecule has 2 aliphatic rings. The van der Waals surface area contributed by atoms with Crippen LogP contribution in [-0.2, 0) is 14.3 Å². The van der Waals surface area contributed by atoms with Crippen molar-refractivity contribution in [2.45, 2.75) is 18.6 Å². The molecule has 2 fully saturated rings. The standard InChI is InChI=1S/C23H24N4O5S/c28-18(29)13-24-20-19(21(30)25-17-7-6-15-4-1-2-5-16(15)12-17)33-22(26-20)27-9-3-8-23(14-27)31-10-11-32-23/h1-2,4-7,12,24H,3,8-11,13-14H2,(H,25,30)(H,28,29). The van der Waals surface area contributed by atoms with Crippen LogP contribution in [0, 0.1) is 0 Å². The zero-order chi connectivity index (χ0) is 22.8. The third-order valence-corrected chi connectivity index (χ3v) is 6.85. The van der Waals surface area contributed by atoms with Crippen LogP contribution in [0.15, 0.2) is 42.5 Å². The molecule has 172 valence electrons. The quantitative estimate of drug-likeness (QED) is 0.505. The maximum atomic E-state index is 13.2. The Morgan fingerprint density at radius 2 is 1.94 bits per heavy atom. The normalized spacial score (nSPS) is 17.4. The number of carbonyl (C=O) groups is 2. The molecule has 3 aromatic rings. The number of hydrogen-bond donors (Lipinski definition) is 3. The zero-order valence-electron chi connectivity index (χ0n) is 17.9. The summed E-state index contributed by atoms with van der Waals surface area (Å²) in [4.78, 5) is 31.2. The smallest absolute Gasteiger partial charge is 0.322 e. The summed E-state index contributed by atoms with van der Waals surface area (Å²) in [5, 5.41) is 17.5. The fourth-order valence-electron chi connectivity index (χ4n) is 4.22. The molecular weight excluding hydrogens is 444 g/mol. The number of amides is 1. The summed E-state index contributed by atoms with van der Waals surface area (Å²) in [7, 11) is 0. The largest absolute Gasteiger partial charge is 0.480 e. The van der Waals surface area contributed by atoms with Gasteiger partial charge >= 0.3 is 5.97 Å². The fraction of sp³-hybridized carbons (Fsp3) is 0.348. The Kier molecular flexibility index (Phi) is 5.88. The van der Waals surface area contributed by atoms with Crippen LogP contribution in [0.3, 0.4) is 0 Å². The number of benzene rings is 2. The van der Waals surface area contributed by atoms with Gasteiger partial charge in [-0.25, -0.2) is 4.98 Å². The number of thiazole rings is 1. The number of nitrogens with one attached hydrogen (secondary N) is 2. The highest BCUT2D eigenvalue weighted by molar-refractivity contribution is 7.18. The summed E-state index contributed by atoms with van der Waals surface area (Å²) >= 11 is 1.23. The predicted molar refractivity (Wildman–Crippen MR) is 126 cm³/mol. The van der Waals surface area contributed by atoms with Gasteiger partial charge in [0, 0.05) is 18.7 Å². The molecule has 0 saturated carbocycles. The number of aliphatic carboxylic acids is 1. The highest BCUT2D eigenvalue weighted by Gasteiger charge is 2.41. The first-order valence-electron chi connectivity index (χ1n) is 10.8. The van der Waals surface area contributed by atoms with Gasteiger partial charge in [0.15, 0.2) is 16.7 Å². The van der Waals surface area contributed by atoms with Crippen molar-refractivity contribution in [3.63, 3.8) is 0 Å². The van der Waals surface area contributed by atoms with Gasteiger partial charge in [0.2, 0.25) is 0 Å². The van der Waals surface area contributed by atoms with Gasteiger partial charge < -0.3 is 30.1 Å². The lowest BCUT2D eigenvalue weighted by molar-refractivity contribution is -0.161. The number of carbonyl (C=O) groups excluding carboxylic acids is 1. The van der Waals surface area contributed by atoms with Crippen LogP contribution in [0.5, 0.6) is 0 Å². The molecule has 0 bridgehead atoms. The van der Waals surface area contributed by atoms with Gasteiger partial charge in [-0.3, -0.25) is 9.59 Å². The van der Waals surface area contributed by atoms with Gasteiger partial charge in [-0.2, -0.15) is 0 Å². The van der Waals surface area contributed by atoms with Crippen LogP contribution in [0.2, 0.25) is 0 Å². The molecule has 1 spiro atoms. The van der Waals surface area contributed by atoms with E-state index in [1.165, 1.54) is 11.3 Å². The molecule has 5 rings (SSSR count). The Hall–Kier alpha value is -3.21. The van der Waals surface area contributed by atoms with Crippen molar-refractivity contribution in [2.24, 2.45) is 0 Å². The Morgan fingerprint density at radius 3 is 2.73 bits per heavy atom. The molecule has 10 heteroatoms. The monoisotopic (exact) mass is 468 g/mol. The maximum absolute atomic E-state index is 13.2. The molecule has 1 aromatic heterocycles. The van der Waals surface area contributed by atoms with E-state index in [2.05, 4.69) is 15.6 Å². The summed E-state index contributed by atoms with van der Waals surface area (Å²) < 4.78 is 11.7. The first-order valence-corrected chi connectivity index (χ1v) is 11.6. The highest BCUT2D eigenvalue weighted by atomic mass is 32.1. The Labute approximate surface area is 194 Å². The number of nitrogens with zero attached hydrogens (tertiary/aromatic N) is 2. The first-order chi connectivity index (χ1) is 16.0. The lowest BCUT2D eigenvalue weighted by atomic mass is 10.1. The van der Waals surface area contributed by atoms with Gasteiger partial charge in [-0.05, 0) is 29.3 Å². The van der Waals surface area contributed by atoms with Crippen LogP contribution < -0.4 is 15.5 Å². The highest BCUT2D eigenvalue weighted by Crippen LogP contribution is 2.37. The number of fused-ring (bicyclic) bond motifs is 1. The second-order valence-corrected chi connectivity index (χ2v) is 9.05. The van der Waals surface area contributed by atoms with Crippen molar-refractivity contribution >= 4 is 50.6 Å². The molecule has 2 saturated heterocycles. The molecular formula is C23H24N4O5S. The second kappa shape index (κ2) is 8.97. The minimum Gasteiger partial charge on any atom is -0.480 e. The van der Waals surface area contributed by atoms with E-state index >= 15 is 0 Å². The summed E-state index contributed by atoms with van der Waals surface area (Å²) in [6, 6.07) is 13.6. The Balaban J connectivity index is 1.40. The average molecular weight is 469 g/mol. The topological polar surface area (TPSA) is 113 Å². The van der Waals surface area contributed by atoms with Gasteiger partial charge in [-0.1, -0.05) is 41.7 Å². The number of aromatic nitrogens is 1. The van der Waals surface area contributed by atoms with Crippen molar-refractivity contribution in [2.75, 3.05) is 48.4 Å².